The number of hydrogen-bond acceptors (Lipinski definition) is 5. The number of carbonyl (C=O) groups is 1. The molecular formula is C12H13N3O3. The van der Waals surface area contributed by atoms with Crippen molar-refractivity contribution >= 4 is 5.91 Å². The molecule has 2 rings (SSSR count). The van der Waals surface area contributed by atoms with Crippen LogP contribution in [0.25, 0.3) is 0 Å². The van der Waals surface area contributed by atoms with E-state index in [9.17, 15) is 9.90 Å². The van der Waals surface area contributed by atoms with Crippen LogP contribution in [0.4, 0.5) is 0 Å². The number of carbonyl (C=O) groups excluding carboxylic acids is 1. The number of aryl methyl sites for hydroxylation is 2. The highest BCUT2D eigenvalue weighted by Crippen LogP contribution is 2.17. The van der Waals surface area contributed by atoms with Gasteiger partial charge in [-0.3, -0.25) is 4.79 Å². The molecule has 18 heavy (non-hydrogen) atoms. The van der Waals surface area contributed by atoms with Gasteiger partial charge in [0.15, 0.2) is 5.82 Å². The Labute approximate surface area is 104 Å². The van der Waals surface area contributed by atoms with Crippen molar-refractivity contribution in [1.29, 1.82) is 0 Å². The van der Waals surface area contributed by atoms with Crippen molar-refractivity contribution < 1.29 is 14.4 Å². The minimum Gasteiger partial charge on any atom is -0.507 e. The Morgan fingerprint density at radius 1 is 1.44 bits per heavy atom. The smallest absolute Gasteiger partial charge is 0.255 e. The first kappa shape index (κ1) is 12.1. The Balaban J connectivity index is 2.05. The Morgan fingerprint density at radius 2 is 2.22 bits per heavy atom. The topological polar surface area (TPSA) is 88.2 Å². The van der Waals surface area contributed by atoms with Crippen molar-refractivity contribution in [3.05, 3.63) is 41.0 Å². The highest BCUT2D eigenvalue weighted by atomic mass is 16.5. The molecule has 0 saturated heterocycles. The van der Waals surface area contributed by atoms with Gasteiger partial charge in [-0.25, -0.2) is 0 Å². The summed E-state index contributed by atoms with van der Waals surface area (Å²) in [7, 11) is 0. The van der Waals surface area contributed by atoms with Gasteiger partial charge >= 0.3 is 0 Å². The molecule has 6 nitrogen and oxygen atoms in total. The molecule has 94 valence electrons. The number of phenols is 1. The highest BCUT2D eigenvalue weighted by molar-refractivity contribution is 5.96. The molecule has 2 N–H and O–H groups in total. The van der Waals surface area contributed by atoms with Gasteiger partial charge in [0, 0.05) is 0 Å². The summed E-state index contributed by atoms with van der Waals surface area (Å²) in [5.74, 6) is 0.400. The van der Waals surface area contributed by atoms with E-state index in [-0.39, 0.29) is 23.8 Å². The quantitative estimate of drug-likeness (QED) is 0.854. The second-order valence-electron chi connectivity index (χ2n) is 3.94. The van der Waals surface area contributed by atoms with Crippen LogP contribution >= 0.6 is 0 Å². The van der Waals surface area contributed by atoms with Gasteiger partial charge in [0.1, 0.15) is 5.75 Å². The molecule has 1 heterocycles. The summed E-state index contributed by atoms with van der Waals surface area (Å²) in [6, 6.07) is 4.83. The molecule has 0 aliphatic heterocycles. The standard InChI is InChI=1S/C12H13N3O3/c1-7-3-4-10(16)9(5-7)12(17)13-6-11-14-8(2)15-18-11/h3-5,16H,6H2,1-2H3,(H,13,17). The molecule has 2 aromatic rings. The van der Waals surface area contributed by atoms with Gasteiger partial charge in [-0.2, -0.15) is 4.98 Å². The van der Waals surface area contributed by atoms with Crippen LogP contribution in [0.3, 0.4) is 0 Å². The van der Waals surface area contributed by atoms with Gasteiger partial charge in [-0.1, -0.05) is 16.8 Å². The maximum absolute atomic E-state index is 11.8. The number of phenolic OH excluding ortho intramolecular Hbond substituents is 1. The lowest BCUT2D eigenvalue weighted by Gasteiger charge is -2.05. The first-order valence-corrected chi connectivity index (χ1v) is 5.43. The number of nitrogens with one attached hydrogen (secondary N) is 1. The second-order valence-corrected chi connectivity index (χ2v) is 3.94. The first-order chi connectivity index (χ1) is 8.56. The predicted octanol–water partition coefficient (Wildman–Crippen LogP) is 1.32. The summed E-state index contributed by atoms with van der Waals surface area (Å²) in [5.41, 5.74) is 1.12. The highest BCUT2D eigenvalue weighted by Gasteiger charge is 2.12. The zero-order chi connectivity index (χ0) is 13.1. The molecule has 0 saturated carbocycles. The Bertz CT molecular complexity index is 578. The minimum absolute atomic E-state index is 0.0557. The Morgan fingerprint density at radius 3 is 2.89 bits per heavy atom. The summed E-state index contributed by atoms with van der Waals surface area (Å²) in [4.78, 5) is 15.8. The van der Waals surface area contributed by atoms with Crippen molar-refractivity contribution in [2.75, 3.05) is 0 Å². The van der Waals surface area contributed by atoms with Gasteiger partial charge in [0.05, 0.1) is 12.1 Å². The molecule has 0 bridgehead atoms. The zero-order valence-electron chi connectivity index (χ0n) is 10.1. The van der Waals surface area contributed by atoms with Gasteiger partial charge in [-0.05, 0) is 26.0 Å². The monoisotopic (exact) mass is 247 g/mol. The van der Waals surface area contributed by atoms with E-state index >= 15 is 0 Å². The molecular weight excluding hydrogens is 234 g/mol. The first-order valence-electron chi connectivity index (χ1n) is 5.43. The molecule has 0 unspecified atom stereocenters. The Hall–Kier alpha value is -2.37. The lowest BCUT2D eigenvalue weighted by atomic mass is 10.1. The molecule has 0 aliphatic rings. The number of aromatic hydroxyl groups is 1. The van der Waals surface area contributed by atoms with Crippen molar-refractivity contribution in [1.82, 2.24) is 15.5 Å². The summed E-state index contributed by atoms with van der Waals surface area (Å²) in [6.45, 7) is 3.67. The van der Waals surface area contributed by atoms with Crippen molar-refractivity contribution in [3.8, 4) is 5.75 Å². The number of benzene rings is 1. The van der Waals surface area contributed by atoms with Crippen LogP contribution in [0, 0.1) is 13.8 Å². The largest absolute Gasteiger partial charge is 0.507 e. The van der Waals surface area contributed by atoms with Crippen molar-refractivity contribution in [2.45, 2.75) is 20.4 Å². The predicted molar refractivity (Wildman–Crippen MR) is 63.0 cm³/mol. The van der Waals surface area contributed by atoms with Gasteiger partial charge in [0.25, 0.3) is 5.91 Å². The molecule has 1 aromatic heterocycles. The SMILES string of the molecule is Cc1ccc(O)c(C(=O)NCc2nc(C)no2)c1. The molecule has 1 aromatic carbocycles. The summed E-state index contributed by atoms with van der Waals surface area (Å²) in [6.07, 6.45) is 0. The van der Waals surface area contributed by atoms with E-state index in [2.05, 4.69) is 15.5 Å². The molecule has 0 radical (unpaired) electrons. The zero-order valence-corrected chi connectivity index (χ0v) is 10.1. The fourth-order valence-corrected chi connectivity index (χ4v) is 1.49. The lowest BCUT2D eigenvalue weighted by Crippen LogP contribution is -2.23. The van der Waals surface area contributed by atoms with Gasteiger partial charge in [-0.15, -0.1) is 0 Å². The maximum atomic E-state index is 11.8. The van der Waals surface area contributed by atoms with E-state index < -0.39 is 0 Å². The number of nitrogens with zero attached hydrogens (tertiary/aromatic N) is 2. The van der Waals surface area contributed by atoms with Crippen LogP contribution < -0.4 is 5.32 Å². The summed E-state index contributed by atoms with van der Waals surface area (Å²) < 4.78 is 4.87. The van der Waals surface area contributed by atoms with Crippen LogP contribution in [0.2, 0.25) is 0 Å². The number of amides is 1. The van der Waals surface area contributed by atoms with E-state index in [4.69, 9.17) is 4.52 Å². The third-order valence-electron chi connectivity index (χ3n) is 2.37. The third-order valence-corrected chi connectivity index (χ3v) is 2.37. The van der Waals surface area contributed by atoms with Crippen LogP contribution in [0.5, 0.6) is 5.75 Å². The Kier molecular flexibility index (Phi) is 3.27. The normalized spacial score (nSPS) is 10.3. The second kappa shape index (κ2) is 4.87. The van der Waals surface area contributed by atoms with E-state index in [1.165, 1.54) is 6.07 Å². The fourth-order valence-electron chi connectivity index (χ4n) is 1.49. The average Bonchev–Trinajstić information content (AvgIpc) is 2.75. The lowest BCUT2D eigenvalue weighted by molar-refractivity contribution is 0.0943. The van der Waals surface area contributed by atoms with Gasteiger partial charge in [0.2, 0.25) is 5.89 Å². The van der Waals surface area contributed by atoms with Crippen LogP contribution in [-0.4, -0.2) is 21.2 Å². The van der Waals surface area contributed by atoms with E-state index in [1.54, 1.807) is 19.1 Å². The number of hydrogen-bond donors (Lipinski definition) is 2. The van der Waals surface area contributed by atoms with Crippen molar-refractivity contribution in [2.24, 2.45) is 0 Å². The molecule has 0 atom stereocenters. The van der Waals surface area contributed by atoms with Crippen LogP contribution in [0.1, 0.15) is 27.6 Å². The van der Waals surface area contributed by atoms with Crippen LogP contribution in [0.15, 0.2) is 22.7 Å². The summed E-state index contributed by atoms with van der Waals surface area (Å²) in [5, 5.41) is 15.8. The van der Waals surface area contributed by atoms with E-state index in [1.807, 2.05) is 6.92 Å². The van der Waals surface area contributed by atoms with Crippen LogP contribution in [-0.2, 0) is 6.54 Å². The molecule has 0 aliphatic carbocycles. The van der Waals surface area contributed by atoms with Gasteiger partial charge < -0.3 is 14.9 Å². The molecule has 0 fully saturated rings. The average molecular weight is 247 g/mol. The van der Waals surface area contributed by atoms with E-state index in [0.717, 1.165) is 5.56 Å². The fraction of sp³-hybridized carbons (Fsp3) is 0.250. The maximum Gasteiger partial charge on any atom is 0.255 e. The summed E-state index contributed by atoms with van der Waals surface area (Å²) >= 11 is 0. The molecule has 6 heteroatoms. The molecule has 1 amide bonds. The van der Waals surface area contributed by atoms with Crippen molar-refractivity contribution in [3.63, 3.8) is 0 Å². The molecule has 0 spiro atoms. The number of rotatable bonds is 3. The third kappa shape index (κ3) is 2.65. The van der Waals surface area contributed by atoms with E-state index in [0.29, 0.717) is 11.7 Å². The number of aromatic nitrogens is 2. The minimum atomic E-state index is -0.382.